The maximum Gasteiger partial charge on any atom is 0.306 e. The predicted octanol–water partition coefficient (Wildman–Crippen LogP) is 2.30. The molecule has 2 atom stereocenters. The van der Waals surface area contributed by atoms with Crippen molar-refractivity contribution < 1.29 is 9.90 Å². The van der Waals surface area contributed by atoms with E-state index < -0.39 is 5.97 Å². The Hall–Kier alpha value is -0.870. The van der Waals surface area contributed by atoms with Gasteiger partial charge in [-0.15, -0.1) is 0 Å². The van der Waals surface area contributed by atoms with Crippen LogP contribution in [0.4, 0.5) is 0 Å². The number of carboxylic acid groups (broad SMARTS) is 1. The summed E-state index contributed by atoms with van der Waals surface area (Å²) < 4.78 is 1.05. The lowest BCUT2D eigenvalue weighted by atomic mass is 9.82. The summed E-state index contributed by atoms with van der Waals surface area (Å²) in [5.74, 6) is -0.670. The van der Waals surface area contributed by atoms with Gasteiger partial charge in [-0.2, -0.15) is 0 Å². The Morgan fingerprint density at radius 3 is 2.76 bits per heavy atom. The van der Waals surface area contributed by atoms with Crippen molar-refractivity contribution >= 4 is 21.9 Å². The number of hydrogen-bond donors (Lipinski definition) is 2. The first kappa shape index (κ1) is 12.6. The van der Waals surface area contributed by atoms with E-state index in [4.69, 9.17) is 0 Å². The van der Waals surface area contributed by atoms with Crippen molar-refractivity contribution in [1.29, 1.82) is 0 Å². The van der Waals surface area contributed by atoms with Gasteiger partial charge in [0.15, 0.2) is 0 Å². The molecule has 1 heterocycles. The summed E-state index contributed by atoms with van der Waals surface area (Å²) in [6.07, 6.45) is 1.56. The quantitative estimate of drug-likeness (QED) is 0.900. The van der Waals surface area contributed by atoms with Crippen molar-refractivity contribution in [1.82, 2.24) is 5.32 Å². The van der Waals surface area contributed by atoms with Gasteiger partial charge in [0.25, 0.3) is 0 Å². The van der Waals surface area contributed by atoms with Crippen molar-refractivity contribution in [3.63, 3.8) is 0 Å². The van der Waals surface area contributed by atoms with Crippen molar-refractivity contribution in [3.8, 4) is 0 Å². The zero-order chi connectivity index (χ0) is 12.3. The van der Waals surface area contributed by atoms with Crippen molar-refractivity contribution in [3.05, 3.63) is 34.3 Å². The van der Waals surface area contributed by atoms with Gasteiger partial charge in [0.05, 0.1) is 5.92 Å². The van der Waals surface area contributed by atoms with Gasteiger partial charge in [0.1, 0.15) is 0 Å². The number of benzene rings is 1. The van der Waals surface area contributed by atoms with Gasteiger partial charge >= 0.3 is 5.97 Å². The SMILES string of the molecule is O=C(O)C1CCNCC1Cc1ccc(Br)cc1. The van der Waals surface area contributed by atoms with E-state index in [0.29, 0.717) is 0 Å². The third kappa shape index (κ3) is 3.30. The molecule has 2 unspecified atom stereocenters. The first-order valence-corrected chi connectivity index (χ1v) is 6.64. The van der Waals surface area contributed by atoms with Gasteiger partial charge in [0, 0.05) is 4.47 Å². The van der Waals surface area contributed by atoms with Gasteiger partial charge in [-0.1, -0.05) is 28.1 Å². The molecule has 1 fully saturated rings. The monoisotopic (exact) mass is 297 g/mol. The molecule has 0 aromatic heterocycles. The van der Waals surface area contributed by atoms with Crippen LogP contribution in [0.15, 0.2) is 28.7 Å². The minimum Gasteiger partial charge on any atom is -0.481 e. The summed E-state index contributed by atoms with van der Waals surface area (Å²) in [5, 5.41) is 12.5. The fourth-order valence-electron chi connectivity index (χ4n) is 2.39. The highest BCUT2D eigenvalue weighted by Crippen LogP contribution is 2.24. The van der Waals surface area contributed by atoms with Crippen LogP contribution in [0, 0.1) is 11.8 Å². The summed E-state index contributed by atoms with van der Waals surface area (Å²) in [4.78, 5) is 11.2. The van der Waals surface area contributed by atoms with Crippen molar-refractivity contribution in [2.24, 2.45) is 11.8 Å². The molecule has 1 aliphatic rings. The van der Waals surface area contributed by atoms with E-state index in [9.17, 15) is 9.90 Å². The normalized spacial score (nSPS) is 24.5. The number of aliphatic carboxylic acids is 1. The van der Waals surface area contributed by atoms with E-state index in [1.54, 1.807) is 0 Å². The smallest absolute Gasteiger partial charge is 0.306 e. The second kappa shape index (κ2) is 5.65. The largest absolute Gasteiger partial charge is 0.481 e. The Morgan fingerprint density at radius 2 is 2.12 bits per heavy atom. The molecule has 17 heavy (non-hydrogen) atoms. The molecule has 4 heteroatoms. The van der Waals surface area contributed by atoms with Crippen molar-refractivity contribution in [2.75, 3.05) is 13.1 Å². The Bertz CT molecular complexity index is 391. The molecule has 1 saturated heterocycles. The fraction of sp³-hybridized carbons (Fsp3) is 0.462. The number of halogens is 1. The third-order valence-electron chi connectivity index (χ3n) is 3.34. The molecule has 2 N–H and O–H groups in total. The Labute approximate surface area is 109 Å². The third-order valence-corrected chi connectivity index (χ3v) is 3.86. The van der Waals surface area contributed by atoms with Gasteiger partial charge < -0.3 is 10.4 Å². The van der Waals surface area contributed by atoms with E-state index in [1.807, 2.05) is 12.1 Å². The maximum absolute atomic E-state index is 11.2. The zero-order valence-corrected chi connectivity index (χ0v) is 11.1. The molecule has 0 saturated carbocycles. The van der Waals surface area contributed by atoms with E-state index in [-0.39, 0.29) is 11.8 Å². The van der Waals surface area contributed by atoms with Crippen LogP contribution >= 0.6 is 15.9 Å². The first-order chi connectivity index (χ1) is 8.16. The van der Waals surface area contributed by atoms with Crippen LogP contribution in [-0.4, -0.2) is 24.2 Å². The van der Waals surface area contributed by atoms with Gasteiger partial charge in [-0.25, -0.2) is 0 Å². The second-order valence-corrected chi connectivity index (χ2v) is 5.44. The molecule has 0 radical (unpaired) electrons. The molecular weight excluding hydrogens is 282 g/mol. The minimum atomic E-state index is -0.659. The lowest BCUT2D eigenvalue weighted by Crippen LogP contribution is -2.41. The average molecular weight is 298 g/mol. The number of nitrogens with one attached hydrogen (secondary N) is 1. The molecule has 0 bridgehead atoms. The molecule has 92 valence electrons. The molecule has 1 aromatic rings. The van der Waals surface area contributed by atoms with Gasteiger partial charge in [-0.05, 0) is 49.5 Å². The summed E-state index contributed by atoms with van der Waals surface area (Å²) in [5.41, 5.74) is 1.20. The molecule has 0 aliphatic carbocycles. The van der Waals surface area contributed by atoms with E-state index >= 15 is 0 Å². The van der Waals surface area contributed by atoms with Crippen LogP contribution in [0.3, 0.4) is 0 Å². The van der Waals surface area contributed by atoms with E-state index in [2.05, 4.69) is 33.4 Å². The van der Waals surface area contributed by atoms with Gasteiger partial charge in [-0.3, -0.25) is 4.79 Å². The van der Waals surface area contributed by atoms with Crippen LogP contribution in [0.5, 0.6) is 0 Å². The standard InChI is InChI=1S/C13H16BrNO2/c14-11-3-1-9(2-4-11)7-10-8-15-6-5-12(10)13(16)17/h1-4,10,12,15H,5-8H2,(H,16,17). The van der Waals surface area contributed by atoms with Crippen LogP contribution in [0.2, 0.25) is 0 Å². The number of carbonyl (C=O) groups is 1. The van der Waals surface area contributed by atoms with Crippen LogP contribution < -0.4 is 5.32 Å². The summed E-state index contributed by atoms with van der Waals surface area (Å²) >= 11 is 3.40. The average Bonchev–Trinajstić information content (AvgIpc) is 2.32. The lowest BCUT2D eigenvalue weighted by molar-refractivity contribution is -0.144. The Balaban J connectivity index is 2.05. The number of piperidine rings is 1. The molecule has 1 aromatic carbocycles. The number of hydrogen-bond acceptors (Lipinski definition) is 2. The molecule has 0 spiro atoms. The molecule has 1 aliphatic heterocycles. The predicted molar refractivity (Wildman–Crippen MR) is 69.9 cm³/mol. The highest BCUT2D eigenvalue weighted by molar-refractivity contribution is 9.10. The maximum atomic E-state index is 11.2. The topological polar surface area (TPSA) is 49.3 Å². The Kier molecular flexibility index (Phi) is 4.18. The van der Waals surface area contributed by atoms with E-state index in [1.165, 1.54) is 5.56 Å². The summed E-state index contributed by atoms with van der Waals surface area (Å²) in [6.45, 7) is 1.61. The minimum absolute atomic E-state index is 0.197. The molecule has 3 nitrogen and oxygen atoms in total. The molecule has 2 rings (SSSR count). The zero-order valence-electron chi connectivity index (χ0n) is 9.53. The fourth-order valence-corrected chi connectivity index (χ4v) is 2.65. The highest BCUT2D eigenvalue weighted by Gasteiger charge is 2.30. The van der Waals surface area contributed by atoms with Crippen LogP contribution in [-0.2, 0) is 11.2 Å². The Morgan fingerprint density at radius 1 is 1.41 bits per heavy atom. The molecule has 0 amide bonds. The first-order valence-electron chi connectivity index (χ1n) is 5.85. The lowest BCUT2D eigenvalue weighted by Gasteiger charge is -2.29. The highest BCUT2D eigenvalue weighted by atomic mass is 79.9. The van der Waals surface area contributed by atoms with Crippen molar-refractivity contribution in [2.45, 2.75) is 12.8 Å². The molecular formula is C13H16BrNO2. The van der Waals surface area contributed by atoms with Crippen LogP contribution in [0.25, 0.3) is 0 Å². The van der Waals surface area contributed by atoms with E-state index in [0.717, 1.165) is 30.4 Å². The summed E-state index contributed by atoms with van der Waals surface area (Å²) in [6, 6.07) is 8.11. The number of carboxylic acids is 1. The van der Waals surface area contributed by atoms with Gasteiger partial charge in [0.2, 0.25) is 0 Å². The summed E-state index contributed by atoms with van der Waals surface area (Å²) in [7, 11) is 0. The number of rotatable bonds is 3. The second-order valence-electron chi connectivity index (χ2n) is 4.53. The van der Waals surface area contributed by atoms with Crippen LogP contribution in [0.1, 0.15) is 12.0 Å².